The normalized spacial score (nSPS) is 51.1. The fourth-order valence-electron chi connectivity index (χ4n) is 13.2. The molecule has 0 spiro atoms. The summed E-state index contributed by atoms with van der Waals surface area (Å²) in [6.45, 7) is 12.9. The van der Waals surface area contributed by atoms with Crippen LogP contribution < -0.4 is 0 Å². The summed E-state index contributed by atoms with van der Waals surface area (Å²) >= 11 is 0. The zero-order valence-corrected chi connectivity index (χ0v) is 37.1. The predicted molar refractivity (Wildman–Crippen MR) is 210 cm³/mol. The first kappa shape index (κ1) is 48.8. The van der Waals surface area contributed by atoms with Gasteiger partial charge in [0.25, 0.3) is 0 Å². The maximum Gasteiger partial charge on any atom is 0.397 e. The molecular formula is C41H72O18S. The topological polar surface area (TPSA) is 281 Å². The molecule has 24 atom stereocenters. The van der Waals surface area contributed by atoms with E-state index in [9.17, 15) is 53.8 Å². The van der Waals surface area contributed by atoms with Crippen LogP contribution in [0.2, 0.25) is 0 Å². The first-order chi connectivity index (χ1) is 27.9. The lowest BCUT2D eigenvalue weighted by molar-refractivity contribution is -0.329. The molecule has 350 valence electrons. The van der Waals surface area contributed by atoms with Gasteiger partial charge in [0.05, 0.1) is 36.6 Å². The summed E-state index contributed by atoms with van der Waals surface area (Å²) in [6.07, 6.45) is -15.5. The van der Waals surface area contributed by atoms with Crippen LogP contribution in [0.25, 0.3) is 0 Å². The SMILES string of the molecule is CO[C@H]1[C@H](O[C@@H]2[C@@H](O[C@@H](CC[C@@H](C)[C@H]3C[C@@H](O)C4[C@@]5(O)C(CC[C@@]43C)[C@@]3(C)CC[C@H](O)[C@H](O)C3[C@@H](O)[C@H]5O)C(C)C)O[C@H]([C@@H](C)OS(=O)(=O)O)[C@H]2O)O[C@H](C)[C@@H](OC)[C@@H]1O. The van der Waals surface area contributed by atoms with Gasteiger partial charge in [-0.25, -0.2) is 4.18 Å². The number of ether oxygens (including phenoxy) is 6. The second-order valence-corrected chi connectivity index (χ2v) is 20.8. The molecule has 6 fully saturated rings. The maximum atomic E-state index is 12.7. The molecule has 9 N–H and O–H groups in total. The van der Waals surface area contributed by atoms with Gasteiger partial charge in [-0.3, -0.25) is 4.55 Å². The molecule has 18 nitrogen and oxygen atoms in total. The van der Waals surface area contributed by atoms with Gasteiger partial charge in [0.15, 0.2) is 12.6 Å². The Morgan fingerprint density at radius 1 is 0.767 bits per heavy atom. The second kappa shape index (κ2) is 17.9. The van der Waals surface area contributed by atoms with E-state index in [1.54, 1.807) is 6.92 Å². The van der Waals surface area contributed by atoms with Gasteiger partial charge in [-0.1, -0.05) is 34.6 Å². The number of rotatable bonds is 14. The first-order valence-electron chi connectivity index (χ1n) is 21.7. The van der Waals surface area contributed by atoms with Crippen LogP contribution in [0.15, 0.2) is 0 Å². The summed E-state index contributed by atoms with van der Waals surface area (Å²) in [5, 5.41) is 92.0. The maximum absolute atomic E-state index is 12.7. The highest BCUT2D eigenvalue weighted by Gasteiger charge is 2.75. The van der Waals surface area contributed by atoms with Crippen molar-refractivity contribution in [3.8, 4) is 0 Å². The Balaban J connectivity index is 1.20. The van der Waals surface area contributed by atoms with Gasteiger partial charge in [-0.2, -0.15) is 8.42 Å². The molecule has 60 heavy (non-hydrogen) atoms. The second-order valence-electron chi connectivity index (χ2n) is 19.8. The molecule has 0 bridgehead atoms. The van der Waals surface area contributed by atoms with Crippen molar-refractivity contribution in [3.05, 3.63) is 0 Å². The standard InChI is InChI=1S/C41H72O18S/c1-17(2)24(56-38-34(30(47)32(57-38)20(5)59-60(50,51)52)58-37-33(54-9)29(46)31(53-8)19(4)55-37)11-10-18(3)21-16-23(43)35-39(21,6)15-13-25-40(7)14-12-22(42)27(44)26(40)28(45)36(48)41(25,35)49/h17-38,42-49H,10-16H2,1-9H3,(H,50,51,52)/t18-,19-,20-,21-,22+,23-,24+,25?,26?,27+,28-,29+,30-,31-,32-,33-,34+,35?,36-,37+,38+,39-,40-,41+/m1/s1. The van der Waals surface area contributed by atoms with Crippen LogP contribution in [-0.2, 0) is 43.0 Å². The third-order valence-corrected chi connectivity index (χ3v) is 16.7. The summed E-state index contributed by atoms with van der Waals surface area (Å²) < 4.78 is 73.4. The fraction of sp³-hybridized carbons (Fsp3) is 1.00. The van der Waals surface area contributed by atoms with Crippen molar-refractivity contribution >= 4 is 10.4 Å². The van der Waals surface area contributed by atoms with Gasteiger partial charge in [0.1, 0.15) is 54.4 Å². The first-order valence-corrected chi connectivity index (χ1v) is 23.1. The van der Waals surface area contributed by atoms with Crippen molar-refractivity contribution in [2.75, 3.05) is 14.2 Å². The largest absolute Gasteiger partial charge is 0.397 e. The highest BCUT2D eigenvalue weighted by Crippen LogP contribution is 2.70. The van der Waals surface area contributed by atoms with E-state index in [0.29, 0.717) is 44.9 Å². The van der Waals surface area contributed by atoms with Crippen LogP contribution in [-0.4, -0.2) is 172 Å². The average molecular weight is 885 g/mol. The molecule has 3 unspecified atom stereocenters. The van der Waals surface area contributed by atoms with E-state index in [-0.39, 0.29) is 17.8 Å². The van der Waals surface area contributed by atoms with E-state index in [0.717, 1.165) is 0 Å². The van der Waals surface area contributed by atoms with Gasteiger partial charge < -0.3 is 69.3 Å². The van der Waals surface area contributed by atoms with Crippen molar-refractivity contribution in [1.82, 2.24) is 0 Å². The molecule has 0 radical (unpaired) electrons. The monoisotopic (exact) mass is 884 g/mol. The van der Waals surface area contributed by atoms with E-state index in [1.165, 1.54) is 21.1 Å². The number of hydrogen-bond acceptors (Lipinski definition) is 17. The summed E-state index contributed by atoms with van der Waals surface area (Å²) in [5.41, 5.74) is -3.27. The Labute approximate surface area is 353 Å². The van der Waals surface area contributed by atoms with Gasteiger partial charge in [-0.15, -0.1) is 0 Å². The molecule has 0 aromatic heterocycles. The quantitative estimate of drug-likeness (QED) is 0.106. The van der Waals surface area contributed by atoms with Crippen molar-refractivity contribution in [2.24, 2.45) is 46.3 Å². The van der Waals surface area contributed by atoms with E-state index >= 15 is 0 Å². The van der Waals surface area contributed by atoms with Crippen molar-refractivity contribution < 1.29 is 86.4 Å². The van der Waals surface area contributed by atoms with Crippen LogP contribution in [0, 0.1) is 46.3 Å². The van der Waals surface area contributed by atoms with Crippen molar-refractivity contribution in [3.63, 3.8) is 0 Å². The molecule has 19 heteroatoms. The number of hydrogen-bond donors (Lipinski definition) is 9. The molecule has 2 aliphatic heterocycles. The molecule has 6 rings (SSSR count). The van der Waals surface area contributed by atoms with E-state index in [1.807, 2.05) is 27.7 Å². The molecule has 2 saturated heterocycles. The molecule has 0 aromatic carbocycles. The van der Waals surface area contributed by atoms with E-state index < -0.39 is 143 Å². The van der Waals surface area contributed by atoms with Crippen molar-refractivity contribution in [1.29, 1.82) is 0 Å². The number of methoxy groups -OCH3 is 2. The predicted octanol–water partition coefficient (Wildman–Crippen LogP) is 0.276. The number of aliphatic hydroxyl groups is 8. The Morgan fingerprint density at radius 2 is 1.40 bits per heavy atom. The summed E-state index contributed by atoms with van der Waals surface area (Å²) in [6, 6.07) is 0. The van der Waals surface area contributed by atoms with E-state index in [2.05, 4.69) is 6.92 Å². The molecular weight excluding hydrogens is 813 g/mol. The molecule has 0 amide bonds. The van der Waals surface area contributed by atoms with Crippen molar-refractivity contribution in [2.45, 2.75) is 197 Å². The molecule has 4 saturated carbocycles. The lowest BCUT2D eigenvalue weighted by Crippen LogP contribution is -2.76. The van der Waals surface area contributed by atoms with Gasteiger partial charge in [0, 0.05) is 26.1 Å². The average Bonchev–Trinajstić information content (AvgIpc) is 3.61. The third kappa shape index (κ3) is 8.37. The molecule has 4 aliphatic carbocycles. The summed E-state index contributed by atoms with van der Waals surface area (Å²) in [4.78, 5) is 0. The van der Waals surface area contributed by atoms with Crippen LogP contribution in [0.5, 0.6) is 0 Å². The van der Waals surface area contributed by atoms with Gasteiger partial charge in [0.2, 0.25) is 0 Å². The van der Waals surface area contributed by atoms with Gasteiger partial charge in [-0.05, 0) is 93.3 Å². The highest BCUT2D eigenvalue weighted by molar-refractivity contribution is 7.80. The highest BCUT2D eigenvalue weighted by atomic mass is 32.3. The zero-order chi connectivity index (χ0) is 44.6. The van der Waals surface area contributed by atoms with E-state index in [4.69, 9.17) is 32.6 Å². The minimum Gasteiger partial charge on any atom is -0.393 e. The Hall–Kier alpha value is -0.690. The molecule has 0 aromatic rings. The third-order valence-electron chi connectivity index (χ3n) is 16.1. The Kier molecular flexibility index (Phi) is 14.6. The summed E-state index contributed by atoms with van der Waals surface area (Å²) in [7, 11) is -2.16. The van der Waals surface area contributed by atoms with Crippen LogP contribution in [0.1, 0.15) is 93.4 Å². The minimum absolute atomic E-state index is 0.0341. The zero-order valence-electron chi connectivity index (χ0n) is 36.3. The fourth-order valence-corrected chi connectivity index (χ4v) is 13.7. The molecule has 6 aliphatic rings. The lowest BCUT2D eigenvalue weighted by atomic mass is 9.40. The van der Waals surface area contributed by atoms with Crippen LogP contribution >= 0.6 is 0 Å². The summed E-state index contributed by atoms with van der Waals surface area (Å²) in [5.74, 6) is -2.40. The number of aliphatic hydroxyl groups excluding tert-OH is 7. The lowest BCUT2D eigenvalue weighted by Gasteiger charge is -2.68. The Bertz CT molecular complexity index is 1570. The smallest absolute Gasteiger partial charge is 0.393 e. The van der Waals surface area contributed by atoms with Crippen LogP contribution in [0.4, 0.5) is 0 Å². The minimum atomic E-state index is -4.94. The molecule has 2 heterocycles. The number of fused-ring (bicyclic) bond motifs is 5. The Morgan fingerprint density at radius 3 is 2.00 bits per heavy atom. The van der Waals surface area contributed by atoms with Gasteiger partial charge >= 0.3 is 10.4 Å². The van der Waals surface area contributed by atoms with Crippen LogP contribution in [0.3, 0.4) is 0 Å².